The fraction of sp³-hybridized carbons (Fsp3) is 0.706. The lowest BCUT2D eigenvalue weighted by atomic mass is 10.1. The van der Waals surface area contributed by atoms with Gasteiger partial charge in [-0.05, 0) is 47.7 Å². The highest BCUT2D eigenvalue weighted by molar-refractivity contribution is 7.07. The number of hydrogen-bond acceptors (Lipinski definition) is 3. The molecule has 5 heteroatoms. The van der Waals surface area contributed by atoms with Crippen LogP contribution in [0.3, 0.4) is 0 Å². The first kappa shape index (κ1) is 17.3. The van der Waals surface area contributed by atoms with Crippen LogP contribution in [-0.4, -0.2) is 55.5 Å². The standard InChI is InChI=1S/C17H30N4S/c1-14(2)11-21-8-5-6-16(21)10-19-17(18-3)20(4)12-15-7-9-22-13-15/h7,9,13-14,16H,5-6,8,10-12H2,1-4H3,(H,18,19)/t16-/m1/s1. The Bertz CT molecular complexity index is 455. The molecular formula is C17H30N4S. The zero-order chi connectivity index (χ0) is 15.9. The number of nitrogens with zero attached hydrogens (tertiary/aromatic N) is 3. The van der Waals surface area contributed by atoms with Crippen molar-refractivity contribution in [3.05, 3.63) is 22.4 Å². The molecule has 1 aromatic rings. The Balaban J connectivity index is 1.82. The third-order valence-corrected chi connectivity index (χ3v) is 4.90. The Morgan fingerprint density at radius 3 is 3.00 bits per heavy atom. The predicted molar refractivity (Wildman–Crippen MR) is 96.6 cm³/mol. The summed E-state index contributed by atoms with van der Waals surface area (Å²) in [5.74, 6) is 1.73. The molecule has 0 radical (unpaired) electrons. The average molecular weight is 323 g/mol. The molecule has 0 amide bonds. The van der Waals surface area contributed by atoms with Crippen molar-refractivity contribution in [3.8, 4) is 0 Å². The first-order valence-corrected chi connectivity index (χ1v) is 9.21. The molecule has 1 atom stereocenters. The van der Waals surface area contributed by atoms with E-state index in [9.17, 15) is 0 Å². The van der Waals surface area contributed by atoms with Crippen LogP contribution >= 0.6 is 11.3 Å². The van der Waals surface area contributed by atoms with Gasteiger partial charge in [-0.1, -0.05) is 13.8 Å². The number of aliphatic imine (C=N–C) groups is 1. The molecule has 0 saturated carbocycles. The topological polar surface area (TPSA) is 30.9 Å². The normalized spacial score (nSPS) is 19.9. The molecule has 1 aliphatic heterocycles. The van der Waals surface area contributed by atoms with Gasteiger partial charge in [-0.25, -0.2) is 0 Å². The van der Waals surface area contributed by atoms with Crippen LogP contribution in [0.15, 0.2) is 21.8 Å². The van der Waals surface area contributed by atoms with Crippen LogP contribution in [0.4, 0.5) is 0 Å². The van der Waals surface area contributed by atoms with Crippen LogP contribution in [0.5, 0.6) is 0 Å². The van der Waals surface area contributed by atoms with Crippen LogP contribution in [0, 0.1) is 5.92 Å². The molecule has 1 aliphatic rings. The molecule has 1 aromatic heterocycles. The quantitative estimate of drug-likeness (QED) is 0.645. The highest BCUT2D eigenvalue weighted by atomic mass is 32.1. The Morgan fingerprint density at radius 2 is 2.36 bits per heavy atom. The number of thiophene rings is 1. The Hall–Kier alpha value is -1.07. The lowest BCUT2D eigenvalue weighted by molar-refractivity contribution is 0.225. The molecular weight excluding hydrogens is 292 g/mol. The zero-order valence-electron chi connectivity index (χ0n) is 14.4. The monoisotopic (exact) mass is 322 g/mol. The van der Waals surface area contributed by atoms with Crippen molar-refractivity contribution in [2.45, 2.75) is 39.3 Å². The maximum absolute atomic E-state index is 4.43. The maximum Gasteiger partial charge on any atom is 0.193 e. The minimum Gasteiger partial charge on any atom is -0.355 e. The van der Waals surface area contributed by atoms with E-state index in [4.69, 9.17) is 0 Å². The predicted octanol–water partition coefficient (Wildman–Crippen LogP) is 2.88. The summed E-state index contributed by atoms with van der Waals surface area (Å²) in [5, 5.41) is 7.89. The highest BCUT2D eigenvalue weighted by Gasteiger charge is 2.25. The van der Waals surface area contributed by atoms with Gasteiger partial charge < -0.3 is 10.2 Å². The second-order valence-electron chi connectivity index (χ2n) is 6.60. The van der Waals surface area contributed by atoms with E-state index in [1.807, 2.05) is 7.05 Å². The molecule has 124 valence electrons. The van der Waals surface area contributed by atoms with E-state index in [0.717, 1.165) is 25.0 Å². The van der Waals surface area contributed by atoms with Crippen molar-refractivity contribution in [3.63, 3.8) is 0 Å². The van der Waals surface area contributed by atoms with Crippen molar-refractivity contribution in [2.75, 3.05) is 33.7 Å². The van der Waals surface area contributed by atoms with Gasteiger partial charge in [0.1, 0.15) is 0 Å². The second-order valence-corrected chi connectivity index (χ2v) is 7.38. The zero-order valence-corrected chi connectivity index (χ0v) is 15.2. The van der Waals surface area contributed by atoms with Crippen molar-refractivity contribution >= 4 is 17.3 Å². The lowest BCUT2D eigenvalue weighted by Gasteiger charge is -2.28. The number of rotatable bonds is 6. The number of nitrogens with one attached hydrogen (secondary N) is 1. The molecule has 1 N–H and O–H groups in total. The smallest absolute Gasteiger partial charge is 0.193 e. The summed E-state index contributed by atoms with van der Waals surface area (Å²) >= 11 is 1.75. The van der Waals surface area contributed by atoms with Gasteiger partial charge in [-0.2, -0.15) is 11.3 Å². The largest absolute Gasteiger partial charge is 0.355 e. The van der Waals surface area contributed by atoms with Crippen molar-refractivity contribution < 1.29 is 0 Å². The van der Waals surface area contributed by atoms with E-state index >= 15 is 0 Å². The summed E-state index contributed by atoms with van der Waals surface area (Å²) in [5.41, 5.74) is 1.35. The lowest BCUT2D eigenvalue weighted by Crippen LogP contribution is -2.45. The van der Waals surface area contributed by atoms with Crippen LogP contribution in [0.1, 0.15) is 32.3 Å². The third-order valence-electron chi connectivity index (χ3n) is 4.17. The van der Waals surface area contributed by atoms with Gasteiger partial charge in [0.25, 0.3) is 0 Å². The molecule has 0 bridgehead atoms. The molecule has 0 aromatic carbocycles. The molecule has 1 fully saturated rings. The highest BCUT2D eigenvalue weighted by Crippen LogP contribution is 2.18. The number of hydrogen-bond donors (Lipinski definition) is 1. The Morgan fingerprint density at radius 1 is 1.55 bits per heavy atom. The fourth-order valence-corrected chi connectivity index (χ4v) is 3.82. The first-order chi connectivity index (χ1) is 10.6. The second kappa shape index (κ2) is 8.53. The summed E-state index contributed by atoms with van der Waals surface area (Å²) < 4.78 is 0. The van der Waals surface area contributed by atoms with Gasteiger partial charge >= 0.3 is 0 Å². The molecule has 0 aliphatic carbocycles. The van der Waals surface area contributed by atoms with Crippen molar-refractivity contribution in [2.24, 2.45) is 10.9 Å². The minimum absolute atomic E-state index is 0.647. The van der Waals surface area contributed by atoms with Crippen molar-refractivity contribution in [1.29, 1.82) is 0 Å². The van der Waals surface area contributed by atoms with Crippen LogP contribution < -0.4 is 5.32 Å². The van der Waals surface area contributed by atoms with Crippen LogP contribution in [0.2, 0.25) is 0 Å². The summed E-state index contributed by atoms with van der Waals surface area (Å²) in [6.07, 6.45) is 2.62. The van der Waals surface area contributed by atoms with Crippen molar-refractivity contribution in [1.82, 2.24) is 15.1 Å². The molecule has 2 heterocycles. The van der Waals surface area contributed by atoms with Gasteiger partial charge in [0.05, 0.1) is 0 Å². The molecule has 0 unspecified atom stereocenters. The summed E-state index contributed by atoms with van der Waals surface area (Å²) in [7, 11) is 3.97. The molecule has 22 heavy (non-hydrogen) atoms. The minimum atomic E-state index is 0.647. The van der Waals surface area contributed by atoms with Gasteiger partial charge in [0, 0.05) is 39.8 Å². The van der Waals surface area contributed by atoms with E-state index in [0.29, 0.717) is 6.04 Å². The molecule has 2 rings (SSSR count). The number of guanidine groups is 1. The maximum atomic E-state index is 4.43. The Kier molecular flexibility index (Phi) is 6.70. The average Bonchev–Trinajstić information content (AvgIpc) is 3.11. The van der Waals surface area contributed by atoms with E-state index in [-0.39, 0.29) is 0 Å². The Labute approximate surface area is 139 Å². The van der Waals surface area contributed by atoms with E-state index in [1.165, 1.54) is 31.5 Å². The van der Waals surface area contributed by atoms with E-state index < -0.39 is 0 Å². The third kappa shape index (κ3) is 4.99. The van der Waals surface area contributed by atoms with E-state index in [2.05, 4.69) is 57.8 Å². The van der Waals surface area contributed by atoms with Crippen LogP contribution in [0.25, 0.3) is 0 Å². The molecule has 4 nitrogen and oxygen atoms in total. The number of likely N-dealkylation sites (tertiary alicyclic amines) is 1. The molecule has 1 saturated heterocycles. The van der Waals surface area contributed by atoms with Gasteiger partial charge in [0.2, 0.25) is 0 Å². The first-order valence-electron chi connectivity index (χ1n) is 8.27. The molecule has 0 spiro atoms. The van der Waals surface area contributed by atoms with E-state index in [1.54, 1.807) is 11.3 Å². The summed E-state index contributed by atoms with van der Waals surface area (Å²) in [6, 6.07) is 2.82. The van der Waals surface area contributed by atoms with Gasteiger partial charge in [-0.15, -0.1) is 0 Å². The summed E-state index contributed by atoms with van der Waals surface area (Å²) in [6.45, 7) is 8.95. The SMILES string of the molecule is CN=C(NC[C@H]1CCCN1CC(C)C)N(C)Cc1ccsc1. The van der Waals surface area contributed by atoms with Crippen LogP contribution in [-0.2, 0) is 6.54 Å². The summed E-state index contributed by atoms with van der Waals surface area (Å²) in [4.78, 5) is 9.26. The van der Waals surface area contributed by atoms with Gasteiger partial charge in [0.15, 0.2) is 5.96 Å². The fourth-order valence-electron chi connectivity index (χ4n) is 3.16. The van der Waals surface area contributed by atoms with Gasteiger partial charge in [-0.3, -0.25) is 9.89 Å².